The van der Waals surface area contributed by atoms with Gasteiger partial charge in [0, 0.05) is 0 Å². The Labute approximate surface area is 110 Å². The van der Waals surface area contributed by atoms with Gasteiger partial charge in [-0.1, -0.05) is 0 Å². The fourth-order valence-corrected chi connectivity index (χ4v) is 1.80. The summed E-state index contributed by atoms with van der Waals surface area (Å²) in [6, 6.07) is 5.10. The molecule has 1 saturated carbocycles. The van der Waals surface area contributed by atoms with E-state index in [1.807, 2.05) is 0 Å². The first-order chi connectivity index (χ1) is 9.05. The summed E-state index contributed by atoms with van der Waals surface area (Å²) >= 11 is 0. The lowest BCUT2D eigenvalue weighted by atomic mass is 9.98. The van der Waals surface area contributed by atoms with Crippen molar-refractivity contribution in [2.75, 3.05) is 6.61 Å². The van der Waals surface area contributed by atoms with Crippen molar-refractivity contribution in [3.63, 3.8) is 0 Å². The maximum atomic E-state index is 11.7. The van der Waals surface area contributed by atoms with E-state index in [0.29, 0.717) is 0 Å². The topological polar surface area (TPSA) is 92.3 Å². The number of amides is 1. The average Bonchev–Trinajstić information content (AvgIpc) is 3.12. The van der Waals surface area contributed by atoms with Crippen molar-refractivity contribution in [3.8, 4) is 6.07 Å². The van der Waals surface area contributed by atoms with Crippen molar-refractivity contribution >= 4 is 11.9 Å². The summed E-state index contributed by atoms with van der Waals surface area (Å²) in [7, 11) is 0. The van der Waals surface area contributed by atoms with E-state index in [1.54, 1.807) is 13.0 Å². The number of nitrogens with zero attached hydrogens (tertiary/aromatic N) is 1. The Bertz CT molecular complexity index is 513. The Kier molecular flexibility index (Phi) is 3.56. The number of hydrogen-bond acceptors (Lipinski definition) is 5. The van der Waals surface area contributed by atoms with Crippen LogP contribution in [0.1, 0.15) is 30.3 Å². The average molecular weight is 262 g/mol. The highest BCUT2D eigenvalue weighted by atomic mass is 16.5. The number of nitrogens with one attached hydrogen (secondary N) is 1. The van der Waals surface area contributed by atoms with Gasteiger partial charge in [0.05, 0.1) is 12.3 Å². The summed E-state index contributed by atoms with van der Waals surface area (Å²) in [5.41, 5.74) is -0.881. The van der Waals surface area contributed by atoms with Crippen LogP contribution in [0.3, 0.4) is 0 Å². The van der Waals surface area contributed by atoms with E-state index in [2.05, 4.69) is 11.4 Å². The van der Waals surface area contributed by atoms with Gasteiger partial charge in [-0.3, -0.25) is 4.79 Å². The SMILES string of the molecule is C[C@@](C#N)(NC(=O)COC(=O)c1ccco1)C1CC1. The summed E-state index contributed by atoms with van der Waals surface area (Å²) in [6.07, 6.45) is 3.20. The summed E-state index contributed by atoms with van der Waals surface area (Å²) in [5, 5.41) is 11.7. The number of furan rings is 1. The van der Waals surface area contributed by atoms with E-state index in [1.165, 1.54) is 12.3 Å². The number of esters is 1. The van der Waals surface area contributed by atoms with Crippen LogP contribution >= 0.6 is 0 Å². The number of carbonyl (C=O) groups excluding carboxylic acids is 2. The number of ether oxygens (including phenoxy) is 1. The normalized spacial score (nSPS) is 17.1. The lowest BCUT2D eigenvalue weighted by molar-refractivity contribution is -0.125. The van der Waals surface area contributed by atoms with E-state index in [9.17, 15) is 9.59 Å². The molecule has 0 bridgehead atoms. The first kappa shape index (κ1) is 13.1. The third-order valence-corrected chi connectivity index (χ3v) is 3.08. The zero-order valence-electron chi connectivity index (χ0n) is 10.5. The molecule has 2 rings (SSSR count). The highest BCUT2D eigenvalue weighted by Gasteiger charge is 2.43. The number of hydrogen-bond donors (Lipinski definition) is 1. The standard InChI is InChI=1S/C13H14N2O4/c1-13(8-14,9-4-5-9)15-11(16)7-19-12(17)10-3-2-6-18-10/h2-3,6,9H,4-5,7H2,1H3,(H,15,16)/t13-/m0/s1. The minimum absolute atomic E-state index is 0.0398. The first-order valence-electron chi connectivity index (χ1n) is 5.98. The Morgan fingerprint density at radius 1 is 1.63 bits per heavy atom. The lowest BCUT2D eigenvalue weighted by Crippen LogP contribution is -2.48. The maximum Gasteiger partial charge on any atom is 0.374 e. The Hall–Kier alpha value is -2.29. The molecule has 0 saturated heterocycles. The van der Waals surface area contributed by atoms with Crippen LogP contribution < -0.4 is 5.32 Å². The molecule has 1 aromatic rings. The van der Waals surface area contributed by atoms with E-state index >= 15 is 0 Å². The van der Waals surface area contributed by atoms with Crippen LogP contribution in [0.25, 0.3) is 0 Å². The summed E-state index contributed by atoms with van der Waals surface area (Å²) in [4.78, 5) is 23.1. The van der Waals surface area contributed by atoms with Gasteiger partial charge in [0.15, 0.2) is 6.61 Å². The zero-order valence-corrected chi connectivity index (χ0v) is 10.5. The van der Waals surface area contributed by atoms with Gasteiger partial charge >= 0.3 is 5.97 Å². The molecule has 100 valence electrons. The molecule has 6 heteroatoms. The van der Waals surface area contributed by atoms with Gasteiger partial charge in [-0.15, -0.1) is 0 Å². The van der Waals surface area contributed by atoms with Gasteiger partial charge in [0.25, 0.3) is 5.91 Å². The van der Waals surface area contributed by atoms with Crippen LogP contribution in [-0.2, 0) is 9.53 Å². The summed E-state index contributed by atoms with van der Waals surface area (Å²) in [5.74, 6) is -0.971. The Balaban J connectivity index is 1.82. The lowest BCUT2D eigenvalue weighted by Gasteiger charge is -2.22. The smallest absolute Gasteiger partial charge is 0.374 e. The molecule has 6 nitrogen and oxygen atoms in total. The monoisotopic (exact) mass is 262 g/mol. The largest absolute Gasteiger partial charge is 0.457 e. The molecule has 1 atom stereocenters. The molecule has 0 spiro atoms. The Morgan fingerprint density at radius 2 is 2.37 bits per heavy atom. The van der Waals surface area contributed by atoms with Crippen molar-refractivity contribution in [1.29, 1.82) is 5.26 Å². The second-order valence-electron chi connectivity index (χ2n) is 4.69. The van der Waals surface area contributed by atoms with Gasteiger partial charge in [-0.25, -0.2) is 4.79 Å². The van der Waals surface area contributed by atoms with E-state index < -0.39 is 24.0 Å². The maximum absolute atomic E-state index is 11.7. The Morgan fingerprint density at radius 3 is 2.89 bits per heavy atom. The third kappa shape index (κ3) is 3.13. The van der Waals surface area contributed by atoms with Crippen LogP contribution in [0.2, 0.25) is 0 Å². The molecule has 1 aromatic heterocycles. The molecule has 0 unspecified atom stereocenters. The molecule has 1 N–H and O–H groups in total. The summed E-state index contributed by atoms with van der Waals surface area (Å²) in [6.45, 7) is 1.25. The molecule has 19 heavy (non-hydrogen) atoms. The predicted molar refractivity (Wildman–Crippen MR) is 63.9 cm³/mol. The van der Waals surface area contributed by atoms with Crippen LogP contribution in [0.5, 0.6) is 0 Å². The van der Waals surface area contributed by atoms with Crippen molar-refractivity contribution in [2.24, 2.45) is 5.92 Å². The molecule has 1 heterocycles. The van der Waals surface area contributed by atoms with Gasteiger partial charge < -0.3 is 14.5 Å². The van der Waals surface area contributed by atoms with E-state index in [0.717, 1.165) is 12.8 Å². The van der Waals surface area contributed by atoms with Crippen molar-refractivity contribution in [2.45, 2.75) is 25.3 Å². The van der Waals surface area contributed by atoms with E-state index in [-0.39, 0.29) is 11.7 Å². The second-order valence-corrected chi connectivity index (χ2v) is 4.69. The fourth-order valence-electron chi connectivity index (χ4n) is 1.80. The molecule has 1 aliphatic carbocycles. The van der Waals surface area contributed by atoms with Crippen molar-refractivity contribution in [1.82, 2.24) is 5.32 Å². The quantitative estimate of drug-likeness (QED) is 0.806. The van der Waals surface area contributed by atoms with Gasteiger partial charge in [-0.2, -0.15) is 5.26 Å². The molecule has 1 amide bonds. The highest BCUT2D eigenvalue weighted by Crippen LogP contribution is 2.39. The minimum Gasteiger partial charge on any atom is -0.457 e. The van der Waals surface area contributed by atoms with Crippen molar-refractivity contribution in [3.05, 3.63) is 24.2 Å². The fraction of sp³-hybridized carbons (Fsp3) is 0.462. The van der Waals surface area contributed by atoms with Gasteiger partial charge in [0.2, 0.25) is 5.76 Å². The van der Waals surface area contributed by atoms with Gasteiger partial charge in [-0.05, 0) is 37.8 Å². The molecular weight excluding hydrogens is 248 g/mol. The molecule has 1 aliphatic rings. The van der Waals surface area contributed by atoms with Crippen LogP contribution in [0, 0.1) is 17.2 Å². The molecule has 0 aromatic carbocycles. The van der Waals surface area contributed by atoms with Crippen molar-refractivity contribution < 1.29 is 18.7 Å². The highest BCUT2D eigenvalue weighted by molar-refractivity contribution is 5.88. The molecule has 0 aliphatic heterocycles. The summed E-state index contributed by atoms with van der Waals surface area (Å²) < 4.78 is 9.62. The molecule has 1 fully saturated rings. The van der Waals surface area contributed by atoms with Crippen LogP contribution in [-0.4, -0.2) is 24.0 Å². The van der Waals surface area contributed by atoms with Crippen LogP contribution in [0.4, 0.5) is 0 Å². The minimum atomic E-state index is -0.881. The van der Waals surface area contributed by atoms with Gasteiger partial charge in [0.1, 0.15) is 5.54 Å². The first-order valence-corrected chi connectivity index (χ1v) is 5.98. The number of rotatable bonds is 5. The molecule has 0 radical (unpaired) electrons. The predicted octanol–water partition coefficient (Wildman–Crippen LogP) is 1.24. The number of carbonyl (C=O) groups is 2. The second kappa shape index (κ2) is 5.14. The van der Waals surface area contributed by atoms with Crippen LogP contribution in [0.15, 0.2) is 22.8 Å². The van der Waals surface area contributed by atoms with E-state index in [4.69, 9.17) is 14.4 Å². The third-order valence-electron chi connectivity index (χ3n) is 3.08. The zero-order chi connectivity index (χ0) is 13.9. The number of nitriles is 1. The molecular formula is C13H14N2O4.